The van der Waals surface area contributed by atoms with Gasteiger partial charge in [0.1, 0.15) is 17.3 Å². The molecule has 1 heterocycles. The van der Waals surface area contributed by atoms with E-state index in [1.165, 1.54) is 29.2 Å². The summed E-state index contributed by atoms with van der Waals surface area (Å²) in [7, 11) is 0. The fraction of sp³-hybridized carbons (Fsp3) is 0.241. The van der Waals surface area contributed by atoms with Gasteiger partial charge in [-0.1, -0.05) is 50.1 Å². The lowest BCUT2D eigenvalue weighted by Crippen LogP contribution is -2.30. The predicted octanol–water partition coefficient (Wildman–Crippen LogP) is 6.33. The summed E-state index contributed by atoms with van der Waals surface area (Å²) in [5.41, 5.74) is 2.22. The Morgan fingerprint density at radius 2 is 1.66 bits per heavy atom. The summed E-state index contributed by atoms with van der Waals surface area (Å²) in [6.07, 6.45) is 3.15. The Bertz CT molecular complexity index is 1250. The van der Waals surface area contributed by atoms with Gasteiger partial charge in [0.05, 0.1) is 18.2 Å². The maximum absolute atomic E-state index is 13.7. The van der Waals surface area contributed by atoms with Gasteiger partial charge in [-0.05, 0) is 66.9 Å². The second-order valence-electron chi connectivity index (χ2n) is 8.59. The van der Waals surface area contributed by atoms with Gasteiger partial charge in [-0.25, -0.2) is 4.39 Å². The minimum absolute atomic E-state index is 0.0403. The molecule has 5 nitrogen and oxygen atoms in total. The molecule has 0 spiro atoms. The lowest BCUT2D eigenvalue weighted by molar-refractivity contribution is -0.132. The number of hydrogen-bond donors (Lipinski definition) is 1. The number of para-hydroxylation sites is 1. The molecule has 1 atom stereocenters. The second-order valence-corrected chi connectivity index (χ2v) is 8.59. The first kappa shape index (κ1) is 24.2. The maximum atomic E-state index is 13.7. The van der Waals surface area contributed by atoms with Gasteiger partial charge in [-0.15, -0.1) is 0 Å². The van der Waals surface area contributed by atoms with Gasteiger partial charge in [-0.3, -0.25) is 14.5 Å². The van der Waals surface area contributed by atoms with Crippen molar-refractivity contribution in [2.75, 3.05) is 11.5 Å². The molecule has 3 aromatic carbocycles. The fourth-order valence-electron chi connectivity index (χ4n) is 4.28. The number of halogens is 1. The Labute approximate surface area is 204 Å². The molecule has 0 saturated carbocycles. The number of ketones is 1. The maximum Gasteiger partial charge on any atom is 0.300 e. The van der Waals surface area contributed by atoms with E-state index in [1.54, 1.807) is 36.4 Å². The van der Waals surface area contributed by atoms with E-state index in [2.05, 4.69) is 6.92 Å². The Morgan fingerprint density at radius 1 is 0.971 bits per heavy atom. The molecule has 4 rings (SSSR count). The normalized spacial score (nSPS) is 17.1. The molecule has 0 radical (unpaired) electrons. The molecule has 6 heteroatoms. The number of nitrogens with zero attached hydrogens (tertiary/aromatic N) is 1. The second kappa shape index (κ2) is 10.6. The van der Waals surface area contributed by atoms with E-state index < -0.39 is 23.5 Å². The van der Waals surface area contributed by atoms with Gasteiger partial charge < -0.3 is 9.84 Å². The molecule has 180 valence electrons. The van der Waals surface area contributed by atoms with Gasteiger partial charge in [0.2, 0.25) is 0 Å². The van der Waals surface area contributed by atoms with Crippen molar-refractivity contribution in [3.63, 3.8) is 0 Å². The van der Waals surface area contributed by atoms with E-state index in [0.29, 0.717) is 29.2 Å². The van der Waals surface area contributed by atoms with Crippen LogP contribution >= 0.6 is 0 Å². The van der Waals surface area contributed by atoms with Gasteiger partial charge in [-0.2, -0.15) is 0 Å². The van der Waals surface area contributed by atoms with E-state index in [4.69, 9.17) is 4.74 Å². The number of unbranched alkanes of at least 4 members (excludes halogenated alkanes) is 2. The Balaban J connectivity index is 1.76. The molecule has 1 aliphatic heterocycles. The van der Waals surface area contributed by atoms with Gasteiger partial charge in [0.15, 0.2) is 0 Å². The van der Waals surface area contributed by atoms with Crippen LogP contribution in [0.3, 0.4) is 0 Å². The summed E-state index contributed by atoms with van der Waals surface area (Å²) in [4.78, 5) is 27.8. The zero-order valence-corrected chi connectivity index (χ0v) is 19.8. The average molecular weight is 474 g/mol. The lowest BCUT2D eigenvalue weighted by atomic mass is 9.95. The number of amides is 1. The minimum Gasteiger partial charge on any atom is -0.507 e. The van der Waals surface area contributed by atoms with Crippen molar-refractivity contribution in [1.82, 2.24) is 0 Å². The van der Waals surface area contributed by atoms with E-state index in [9.17, 15) is 19.1 Å². The minimum atomic E-state index is -0.901. The fourth-order valence-corrected chi connectivity index (χ4v) is 4.28. The standard InChI is InChI=1S/C29H28FNO4/c1-3-4-7-18-35-23-16-12-21(13-17-23)27(32)25-26(20-10-14-22(30)15-11-20)31(29(34)28(25)33)24-9-6-5-8-19(24)2/h5-6,8-17,26,32H,3-4,7,18H2,1-2H3/b27-25+. The third-order valence-electron chi connectivity index (χ3n) is 6.15. The first-order valence-electron chi connectivity index (χ1n) is 11.8. The van der Waals surface area contributed by atoms with Crippen LogP contribution in [0.1, 0.15) is 48.9 Å². The summed E-state index contributed by atoms with van der Waals surface area (Å²) in [6, 6.07) is 18.7. The molecule has 0 aromatic heterocycles. The van der Waals surface area contributed by atoms with Crippen LogP contribution in [0.15, 0.2) is 78.4 Å². The number of carbonyl (C=O) groups excluding carboxylic acids is 2. The third-order valence-corrected chi connectivity index (χ3v) is 6.15. The number of anilines is 1. The molecule has 1 amide bonds. The van der Waals surface area contributed by atoms with Crippen LogP contribution in [0.5, 0.6) is 5.75 Å². The molecule has 0 aliphatic carbocycles. The Kier molecular flexibility index (Phi) is 7.30. The van der Waals surface area contributed by atoms with Gasteiger partial charge >= 0.3 is 0 Å². The van der Waals surface area contributed by atoms with Gasteiger partial charge in [0.25, 0.3) is 11.7 Å². The highest BCUT2D eigenvalue weighted by molar-refractivity contribution is 6.51. The van der Waals surface area contributed by atoms with Crippen LogP contribution < -0.4 is 9.64 Å². The van der Waals surface area contributed by atoms with Crippen molar-refractivity contribution in [3.8, 4) is 5.75 Å². The number of benzene rings is 3. The monoisotopic (exact) mass is 473 g/mol. The largest absolute Gasteiger partial charge is 0.507 e. The number of aryl methyl sites for hydroxylation is 1. The highest BCUT2D eigenvalue weighted by Gasteiger charge is 2.47. The quantitative estimate of drug-likeness (QED) is 0.180. The van der Waals surface area contributed by atoms with E-state index in [0.717, 1.165) is 24.8 Å². The van der Waals surface area contributed by atoms with E-state index in [1.807, 2.05) is 19.1 Å². The summed E-state index contributed by atoms with van der Waals surface area (Å²) in [5.74, 6) is -1.60. The first-order valence-corrected chi connectivity index (χ1v) is 11.8. The van der Waals surface area contributed by atoms with Crippen LogP contribution in [0, 0.1) is 12.7 Å². The summed E-state index contributed by atoms with van der Waals surface area (Å²) in [5, 5.41) is 11.2. The van der Waals surface area contributed by atoms with E-state index >= 15 is 0 Å². The van der Waals surface area contributed by atoms with Gasteiger partial charge in [0, 0.05) is 11.3 Å². The summed E-state index contributed by atoms with van der Waals surface area (Å²) < 4.78 is 19.4. The smallest absolute Gasteiger partial charge is 0.300 e. The SMILES string of the molecule is CCCCCOc1ccc(/C(O)=C2\C(=O)C(=O)N(c3ccccc3C)C2c2ccc(F)cc2)cc1. The zero-order chi connectivity index (χ0) is 24.9. The first-order chi connectivity index (χ1) is 16.9. The predicted molar refractivity (Wildman–Crippen MR) is 134 cm³/mol. The van der Waals surface area contributed by atoms with Crippen LogP contribution in [0.4, 0.5) is 10.1 Å². The van der Waals surface area contributed by atoms with Crippen LogP contribution in [0.2, 0.25) is 0 Å². The van der Waals surface area contributed by atoms with Crippen molar-refractivity contribution >= 4 is 23.1 Å². The molecule has 1 unspecified atom stereocenters. The number of aliphatic hydroxyl groups excluding tert-OH is 1. The van der Waals surface area contributed by atoms with Crippen molar-refractivity contribution in [1.29, 1.82) is 0 Å². The highest BCUT2D eigenvalue weighted by Crippen LogP contribution is 2.43. The van der Waals surface area contributed by atoms with Crippen LogP contribution in [0.25, 0.3) is 5.76 Å². The number of Topliss-reactive ketones (excluding diaryl/α,β-unsaturated/α-hetero) is 1. The molecular weight excluding hydrogens is 445 g/mol. The average Bonchev–Trinajstić information content (AvgIpc) is 3.13. The molecule has 1 N–H and O–H groups in total. The Morgan fingerprint density at radius 3 is 2.31 bits per heavy atom. The molecule has 3 aromatic rings. The molecule has 1 aliphatic rings. The summed E-state index contributed by atoms with van der Waals surface area (Å²) >= 11 is 0. The molecule has 1 saturated heterocycles. The highest BCUT2D eigenvalue weighted by atomic mass is 19.1. The molecular formula is C29H28FNO4. The third kappa shape index (κ3) is 4.97. The molecule has 35 heavy (non-hydrogen) atoms. The summed E-state index contributed by atoms with van der Waals surface area (Å²) in [6.45, 7) is 4.57. The van der Waals surface area contributed by atoms with Crippen LogP contribution in [-0.2, 0) is 9.59 Å². The van der Waals surface area contributed by atoms with Crippen molar-refractivity contribution < 1.29 is 23.8 Å². The van der Waals surface area contributed by atoms with E-state index in [-0.39, 0.29) is 11.3 Å². The molecule has 0 bridgehead atoms. The zero-order valence-electron chi connectivity index (χ0n) is 19.8. The van der Waals surface area contributed by atoms with Crippen molar-refractivity contribution in [3.05, 3.63) is 101 Å². The topological polar surface area (TPSA) is 66.8 Å². The van der Waals surface area contributed by atoms with Crippen LogP contribution in [-0.4, -0.2) is 23.4 Å². The lowest BCUT2D eigenvalue weighted by Gasteiger charge is -2.26. The molecule has 1 fully saturated rings. The number of rotatable bonds is 8. The number of aliphatic hydroxyl groups is 1. The number of carbonyl (C=O) groups is 2. The number of ether oxygens (including phenoxy) is 1. The van der Waals surface area contributed by atoms with Crippen molar-refractivity contribution in [2.45, 2.75) is 39.2 Å². The Hall–Kier alpha value is -3.93. The van der Waals surface area contributed by atoms with Crippen molar-refractivity contribution in [2.24, 2.45) is 0 Å². The number of hydrogen-bond acceptors (Lipinski definition) is 4.